The Morgan fingerprint density at radius 2 is 2.25 bits per heavy atom. The molecule has 1 aromatic heterocycles. The fourth-order valence-corrected chi connectivity index (χ4v) is 1.50. The first-order valence-electron chi connectivity index (χ1n) is 4.55. The molecule has 0 bridgehead atoms. The van der Waals surface area contributed by atoms with Crippen molar-refractivity contribution in [2.24, 2.45) is 0 Å². The van der Waals surface area contributed by atoms with Crippen LogP contribution in [0.2, 0.25) is 0 Å². The first-order valence-corrected chi connectivity index (χ1v) is 5.34. The van der Waals surface area contributed by atoms with Crippen LogP contribution in [-0.2, 0) is 9.53 Å². The number of carbonyl (C=O) groups excluding carboxylic acids is 2. The lowest BCUT2D eigenvalue weighted by molar-refractivity contribution is -0.142. The normalized spacial score (nSPS) is 11.7. The molecule has 0 saturated carbocycles. The molecule has 0 aliphatic carbocycles. The van der Waals surface area contributed by atoms with Crippen LogP contribution in [0.15, 0.2) is 22.9 Å². The largest absolute Gasteiger partial charge is 0.467 e. The van der Waals surface area contributed by atoms with Crippen molar-refractivity contribution >= 4 is 27.8 Å². The van der Waals surface area contributed by atoms with Gasteiger partial charge in [-0.15, -0.1) is 0 Å². The third kappa shape index (κ3) is 3.03. The van der Waals surface area contributed by atoms with Crippen LogP contribution in [0.25, 0.3) is 0 Å². The van der Waals surface area contributed by atoms with E-state index in [1.807, 2.05) is 0 Å². The number of aromatic nitrogens is 1. The summed E-state index contributed by atoms with van der Waals surface area (Å²) in [5.74, 6) is -0.869. The molecule has 0 fully saturated rings. The summed E-state index contributed by atoms with van der Waals surface area (Å²) in [6.07, 6.45) is 1.56. The van der Waals surface area contributed by atoms with Gasteiger partial charge in [-0.05, 0) is 35.0 Å². The molecule has 0 radical (unpaired) electrons. The predicted molar refractivity (Wildman–Crippen MR) is 60.9 cm³/mol. The van der Waals surface area contributed by atoms with Crippen LogP contribution in [0.1, 0.15) is 17.3 Å². The van der Waals surface area contributed by atoms with Crippen LogP contribution in [0.5, 0.6) is 0 Å². The summed E-state index contributed by atoms with van der Waals surface area (Å²) in [6.45, 7) is 1.55. The molecule has 1 aromatic rings. The van der Waals surface area contributed by atoms with E-state index in [1.165, 1.54) is 7.11 Å². The smallest absolute Gasteiger partial charge is 0.328 e. The third-order valence-corrected chi connectivity index (χ3v) is 2.54. The molecule has 1 heterocycles. The zero-order chi connectivity index (χ0) is 12.1. The zero-order valence-corrected chi connectivity index (χ0v) is 10.4. The van der Waals surface area contributed by atoms with E-state index in [9.17, 15) is 9.59 Å². The van der Waals surface area contributed by atoms with E-state index in [0.717, 1.165) is 0 Å². The third-order valence-electron chi connectivity index (χ3n) is 1.91. The average molecular weight is 287 g/mol. The molecule has 0 aromatic carbocycles. The van der Waals surface area contributed by atoms with E-state index in [-0.39, 0.29) is 5.91 Å². The van der Waals surface area contributed by atoms with E-state index in [2.05, 4.69) is 31.0 Å². The van der Waals surface area contributed by atoms with Gasteiger partial charge in [0.15, 0.2) is 0 Å². The zero-order valence-electron chi connectivity index (χ0n) is 8.86. The van der Waals surface area contributed by atoms with Gasteiger partial charge in [0.2, 0.25) is 0 Å². The lowest BCUT2D eigenvalue weighted by Crippen LogP contribution is -2.39. The molecule has 86 valence electrons. The van der Waals surface area contributed by atoms with Crippen molar-refractivity contribution in [1.29, 1.82) is 0 Å². The maximum Gasteiger partial charge on any atom is 0.328 e. The molecule has 16 heavy (non-hydrogen) atoms. The number of halogens is 1. The second-order valence-electron chi connectivity index (χ2n) is 3.06. The van der Waals surface area contributed by atoms with Gasteiger partial charge in [-0.25, -0.2) is 9.78 Å². The second-order valence-corrected chi connectivity index (χ2v) is 3.81. The van der Waals surface area contributed by atoms with Crippen LogP contribution < -0.4 is 5.32 Å². The molecular formula is C10H11BrN2O3. The summed E-state index contributed by atoms with van der Waals surface area (Å²) in [7, 11) is 1.27. The highest BCUT2D eigenvalue weighted by atomic mass is 79.9. The molecule has 0 aliphatic heterocycles. The van der Waals surface area contributed by atoms with E-state index < -0.39 is 12.0 Å². The Kier molecular flexibility index (Phi) is 4.42. The molecular weight excluding hydrogens is 276 g/mol. The van der Waals surface area contributed by atoms with Crippen molar-refractivity contribution in [3.8, 4) is 0 Å². The van der Waals surface area contributed by atoms with Crippen LogP contribution in [0.4, 0.5) is 0 Å². The Hall–Kier alpha value is -1.43. The van der Waals surface area contributed by atoms with Gasteiger partial charge < -0.3 is 10.1 Å². The molecule has 0 saturated heterocycles. The molecule has 5 nitrogen and oxygen atoms in total. The Morgan fingerprint density at radius 1 is 1.56 bits per heavy atom. The average Bonchev–Trinajstić information content (AvgIpc) is 2.28. The summed E-state index contributed by atoms with van der Waals surface area (Å²) in [4.78, 5) is 26.7. The van der Waals surface area contributed by atoms with Crippen LogP contribution in [0.3, 0.4) is 0 Å². The number of carbonyl (C=O) groups is 2. The number of esters is 1. The monoisotopic (exact) mass is 286 g/mol. The lowest BCUT2D eigenvalue weighted by Gasteiger charge is -2.11. The quantitative estimate of drug-likeness (QED) is 0.668. The van der Waals surface area contributed by atoms with E-state index in [4.69, 9.17) is 0 Å². The molecule has 1 amide bonds. The SMILES string of the molecule is COC(=O)C(C)NC(=O)c1cccnc1Br. The van der Waals surface area contributed by atoms with Gasteiger partial charge in [-0.2, -0.15) is 0 Å². The summed E-state index contributed by atoms with van der Waals surface area (Å²) in [5.41, 5.74) is 0.373. The maximum absolute atomic E-state index is 11.7. The number of hydrogen-bond acceptors (Lipinski definition) is 4. The summed E-state index contributed by atoms with van der Waals surface area (Å²) in [6, 6.07) is 2.56. The molecule has 6 heteroatoms. The number of rotatable bonds is 3. The van der Waals surface area contributed by atoms with Crippen molar-refractivity contribution in [2.75, 3.05) is 7.11 Å². The number of ether oxygens (including phenoxy) is 1. The second kappa shape index (κ2) is 5.60. The highest BCUT2D eigenvalue weighted by molar-refractivity contribution is 9.10. The standard InChI is InChI=1S/C10H11BrN2O3/c1-6(10(15)16-2)13-9(14)7-4-3-5-12-8(7)11/h3-6H,1-2H3,(H,13,14). The van der Waals surface area contributed by atoms with Crippen molar-refractivity contribution < 1.29 is 14.3 Å². The van der Waals surface area contributed by atoms with E-state index >= 15 is 0 Å². The summed E-state index contributed by atoms with van der Waals surface area (Å²) < 4.78 is 4.93. The Bertz CT molecular complexity index is 409. The van der Waals surface area contributed by atoms with Gasteiger partial charge >= 0.3 is 5.97 Å². The number of nitrogens with one attached hydrogen (secondary N) is 1. The maximum atomic E-state index is 11.7. The molecule has 0 spiro atoms. The first-order chi connectivity index (χ1) is 7.56. The van der Waals surface area contributed by atoms with Gasteiger partial charge in [0.05, 0.1) is 12.7 Å². The number of amides is 1. The minimum atomic E-state index is -0.690. The fourth-order valence-electron chi connectivity index (χ4n) is 1.07. The van der Waals surface area contributed by atoms with Gasteiger partial charge in [0.1, 0.15) is 10.6 Å². The van der Waals surface area contributed by atoms with Gasteiger partial charge in [0, 0.05) is 6.20 Å². The first kappa shape index (κ1) is 12.6. The predicted octanol–water partition coefficient (Wildman–Crippen LogP) is 1.14. The van der Waals surface area contributed by atoms with Crippen molar-refractivity contribution in [3.05, 3.63) is 28.5 Å². The van der Waals surface area contributed by atoms with Crippen LogP contribution in [0, 0.1) is 0 Å². The Balaban J connectivity index is 2.73. The minimum Gasteiger partial charge on any atom is -0.467 e. The summed E-state index contributed by atoms with van der Waals surface area (Å²) in [5, 5.41) is 2.50. The molecule has 1 rings (SSSR count). The lowest BCUT2D eigenvalue weighted by atomic mass is 10.2. The van der Waals surface area contributed by atoms with Crippen LogP contribution in [-0.4, -0.2) is 30.0 Å². The topological polar surface area (TPSA) is 68.3 Å². The van der Waals surface area contributed by atoms with Gasteiger partial charge in [-0.1, -0.05) is 0 Å². The van der Waals surface area contributed by atoms with E-state index in [1.54, 1.807) is 25.3 Å². The van der Waals surface area contributed by atoms with Gasteiger partial charge in [0.25, 0.3) is 5.91 Å². The Morgan fingerprint density at radius 3 is 2.81 bits per heavy atom. The molecule has 1 unspecified atom stereocenters. The molecule has 0 aliphatic rings. The number of pyridine rings is 1. The Labute approximate surface area is 101 Å². The number of hydrogen-bond donors (Lipinski definition) is 1. The molecule has 1 atom stereocenters. The van der Waals surface area contributed by atoms with Crippen molar-refractivity contribution in [2.45, 2.75) is 13.0 Å². The fraction of sp³-hybridized carbons (Fsp3) is 0.300. The molecule has 1 N–H and O–H groups in total. The van der Waals surface area contributed by atoms with E-state index in [0.29, 0.717) is 10.2 Å². The van der Waals surface area contributed by atoms with Gasteiger partial charge in [-0.3, -0.25) is 4.79 Å². The van der Waals surface area contributed by atoms with Crippen LogP contribution >= 0.6 is 15.9 Å². The minimum absolute atomic E-state index is 0.373. The highest BCUT2D eigenvalue weighted by Gasteiger charge is 2.18. The summed E-state index contributed by atoms with van der Waals surface area (Å²) >= 11 is 3.15. The highest BCUT2D eigenvalue weighted by Crippen LogP contribution is 2.12. The van der Waals surface area contributed by atoms with Crippen molar-refractivity contribution in [1.82, 2.24) is 10.3 Å². The van der Waals surface area contributed by atoms with Crippen molar-refractivity contribution in [3.63, 3.8) is 0 Å². The number of nitrogens with zero attached hydrogens (tertiary/aromatic N) is 1. The number of methoxy groups -OCH3 is 1.